The van der Waals surface area contributed by atoms with Gasteiger partial charge in [-0.2, -0.15) is 0 Å². The highest BCUT2D eigenvalue weighted by molar-refractivity contribution is 6.23. The molecule has 4 aromatic carbocycles. The predicted molar refractivity (Wildman–Crippen MR) is 161 cm³/mol. The summed E-state index contributed by atoms with van der Waals surface area (Å²) >= 11 is 0. The average molecular weight is 531 g/mol. The standard InChI is InChI=1S/C33H22N8/c1-41-32-24-16-8-9-17-25(24)33(41)40-31-23-15-7-5-13-21(23)29(38-31)36-27-19-11-3-2-10-18(19)26(34-27)35-28-20-12-4-6-14-22(20)30(37-28)39-32/h2-17,30,34H,1H3,(H,35,37)/b36-29-,39-32-,40-33+. The zero-order chi connectivity index (χ0) is 27.1. The van der Waals surface area contributed by atoms with E-state index in [1.807, 2.05) is 61.6 Å². The highest BCUT2D eigenvalue weighted by Crippen LogP contribution is 2.37. The first kappa shape index (κ1) is 22.2. The van der Waals surface area contributed by atoms with Crippen molar-refractivity contribution in [2.24, 2.45) is 32.0 Å². The number of nitrogens with zero attached hydrogens (tertiary/aromatic N) is 6. The molecule has 5 heterocycles. The molecule has 0 saturated carbocycles. The molecule has 1 unspecified atom stereocenters. The minimum Gasteiger partial charge on any atom is -0.344 e. The number of rotatable bonds is 0. The Morgan fingerprint density at radius 2 is 1.12 bits per heavy atom. The maximum Gasteiger partial charge on any atom is 0.164 e. The van der Waals surface area contributed by atoms with Crippen molar-refractivity contribution in [3.8, 4) is 0 Å². The Hall–Kier alpha value is -5.63. The van der Waals surface area contributed by atoms with Crippen LogP contribution in [0, 0.1) is 0 Å². The lowest BCUT2D eigenvalue weighted by Gasteiger charge is -2.07. The average Bonchev–Trinajstić information content (AvgIpc) is 3.72. The summed E-state index contributed by atoms with van der Waals surface area (Å²) in [6, 6.07) is 32.8. The van der Waals surface area contributed by atoms with Gasteiger partial charge in [-0.15, -0.1) is 0 Å². The highest BCUT2D eigenvalue weighted by atomic mass is 15.2. The SMILES string of the molecule is Cn1/c2c3ccccc3/c1=N\C1=NC(=N\c3[nH]c(c4ccccc34)/N=C3\NC(/N=2)c2ccccc23)/c2ccccc21. The smallest absolute Gasteiger partial charge is 0.164 e. The number of hydrogen-bond donors (Lipinski definition) is 2. The zero-order valence-electron chi connectivity index (χ0n) is 22.0. The first-order valence-corrected chi connectivity index (χ1v) is 13.6. The van der Waals surface area contributed by atoms with Crippen LogP contribution in [0.5, 0.6) is 0 Å². The van der Waals surface area contributed by atoms with Gasteiger partial charge >= 0.3 is 0 Å². The lowest BCUT2D eigenvalue weighted by Crippen LogP contribution is -2.28. The Bertz CT molecular complexity index is 2310. The van der Waals surface area contributed by atoms with Crippen LogP contribution in [-0.4, -0.2) is 27.1 Å². The minimum absolute atomic E-state index is 0.308. The number of H-pyrrole nitrogens is 1. The molecule has 3 aliphatic rings. The van der Waals surface area contributed by atoms with Crippen LogP contribution in [0.15, 0.2) is 122 Å². The Balaban J connectivity index is 1.43. The van der Waals surface area contributed by atoms with Gasteiger partial charge in [-0.3, -0.25) is 0 Å². The summed E-state index contributed by atoms with van der Waals surface area (Å²) in [5, 5.41) is 7.61. The van der Waals surface area contributed by atoms with Gasteiger partial charge in [0.05, 0.1) is 0 Å². The third-order valence-corrected chi connectivity index (χ3v) is 8.03. The largest absolute Gasteiger partial charge is 0.344 e. The summed E-state index contributed by atoms with van der Waals surface area (Å²) in [4.78, 5) is 29.1. The van der Waals surface area contributed by atoms with Gasteiger partial charge in [0.25, 0.3) is 0 Å². The number of aromatic nitrogens is 2. The second-order valence-corrected chi connectivity index (χ2v) is 10.4. The first-order chi connectivity index (χ1) is 20.2. The van der Waals surface area contributed by atoms with E-state index in [4.69, 9.17) is 25.0 Å². The van der Waals surface area contributed by atoms with Crippen molar-refractivity contribution in [2.75, 3.05) is 0 Å². The monoisotopic (exact) mass is 530 g/mol. The molecule has 41 heavy (non-hydrogen) atoms. The maximum absolute atomic E-state index is 5.27. The molecule has 0 fully saturated rings. The van der Waals surface area contributed by atoms with Crippen molar-refractivity contribution in [1.82, 2.24) is 14.9 Å². The number of nitrogens with one attached hydrogen (secondary N) is 2. The van der Waals surface area contributed by atoms with Crippen LogP contribution in [0.4, 0.5) is 11.6 Å². The predicted octanol–water partition coefficient (Wildman–Crippen LogP) is 5.13. The first-order valence-electron chi connectivity index (χ1n) is 13.6. The number of fused-ring (bicyclic) bond motifs is 19. The number of aliphatic imine (C=N–C) groups is 3. The fourth-order valence-electron chi connectivity index (χ4n) is 6.08. The lowest BCUT2D eigenvalue weighted by atomic mass is 10.1. The zero-order valence-corrected chi connectivity index (χ0v) is 22.0. The number of aromatic amines is 1. The molecule has 2 aromatic heterocycles. The van der Waals surface area contributed by atoms with Crippen LogP contribution in [0.3, 0.4) is 0 Å². The Kier molecular flexibility index (Phi) is 4.44. The van der Waals surface area contributed by atoms with Gasteiger partial charge in [0.15, 0.2) is 11.7 Å². The number of benzene rings is 4. The second-order valence-electron chi connectivity index (χ2n) is 10.4. The van der Waals surface area contributed by atoms with E-state index < -0.39 is 0 Å². The van der Waals surface area contributed by atoms with E-state index in [0.29, 0.717) is 17.5 Å². The Labute approximate surface area is 233 Å². The third kappa shape index (κ3) is 3.18. The number of amidine groups is 3. The molecular formula is C33H22N8. The number of hydrogen-bond acceptors (Lipinski definition) is 6. The molecule has 2 N–H and O–H groups in total. The van der Waals surface area contributed by atoms with Crippen LogP contribution < -0.4 is 16.3 Å². The molecular weight excluding hydrogens is 508 g/mol. The van der Waals surface area contributed by atoms with Crippen LogP contribution in [-0.2, 0) is 7.05 Å². The van der Waals surface area contributed by atoms with Crippen molar-refractivity contribution >= 4 is 50.7 Å². The molecule has 1 atom stereocenters. The summed E-state index contributed by atoms with van der Waals surface area (Å²) in [5.41, 5.74) is 5.64. The molecule has 0 aliphatic carbocycles. The van der Waals surface area contributed by atoms with Crippen molar-refractivity contribution in [3.63, 3.8) is 0 Å². The molecule has 0 radical (unpaired) electrons. The van der Waals surface area contributed by atoms with E-state index in [9.17, 15) is 0 Å². The quantitative estimate of drug-likeness (QED) is 0.280. The summed E-state index contributed by atoms with van der Waals surface area (Å²) in [7, 11) is 2.01. The molecule has 8 nitrogen and oxygen atoms in total. The van der Waals surface area contributed by atoms with Crippen LogP contribution in [0.2, 0.25) is 0 Å². The van der Waals surface area contributed by atoms with Crippen molar-refractivity contribution in [1.29, 1.82) is 0 Å². The van der Waals surface area contributed by atoms with Gasteiger partial charge in [0, 0.05) is 50.8 Å². The van der Waals surface area contributed by atoms with Gasteiger partial charge in [-0.05, 0) is 0 Å². The topological polar surface area (TPSA) is 94.5 Å². The van der Waals surface area contributed by atoms with E-state index in [1.54, 1.807) is 0 Å². The lowest BCUT2D eigenvalue weighted by molar-refractivity contribution is 0.662. The van der Waals surface area contributed by atoms with Gasteiger partial charge in [-0.25, -0.2) is 25.0 Å². The highest BCUT2D eigenvalue weighted by Gasteiger charge is 2.28. The molecule has 194 valence electrons. The Morgan fingerprint density at radius 3 is 1.85 bits per heavy atom. The van der Waals surface area contributed by atoms with Crippen LogP contribution in [0.1, 0.15) is 28.4 Å². The van der Waals surface area contributed by atoms with Gasteiger partial charge in [0.1, 0.15) is 34.6 Å². The molecule has 8 bridgehead atoms. The van der Waals surface area contributed by atoms with E-state index in [0.717, 1.165) is 66.4 Å². The summed E-state index contributed by atoms with van der Waals surface area (Å²) in [5.74, 6) is 3.45. The van der Waals surface area contributed by atoms with Crippen molar-refractivity contribution in [3.05, 3.63) is 130 Å². The third-order valence-electron chi connectivity index (χ3n) is 8.03. The Morgan fingerprint density at radius 1 is 0.561 bits per heavy atom. The fourth-order valence-corrected chi connectivity index (χ4v) is 6.08. The normalized spacial score (nSPS) is 20.9. The van der Waals surface area contributed by atoms with E-state index >= 15 is 0 Å². The van der Waals surface area contributed by atoms with E-state index in [1.165, 1.54) is 0 Å². The fraction of sp³-hybridized carbons (Fsp3) is 0.0606. The second kappa shape index (κ2) is 8.19. The van der Waals surface area contributed by atoms with Gasteiger partial charge in [-0.1, -0.05) is 97.1 Å². The molecule has 9 rings (SSSR count). The van der Waals surface area contributed by atoms with Crippen molar-refractivity contribution < 1.29 is 0 Å². The maximum atomic E-state index is 5.27. The van der Waals surface area contributed by atoms with E-state index in [2.05, 4.69) is 57.3 Å². The van der Waals surface area contributed by atoms with Gasteiger partial charge in [0.2, 0.25) is 0 Å². The molecule has 0 amide bonds. The summed E-state index contributed by atoms with van der Waals surface area (Å²) < 4.78 is 2.06. The van der Waals surface area contributed by atoms with E-state index in [-0.39, 0.29) is 6.17 Å². The van der Waals surface area contributed by atoms with Crippen LogP contribution >= 0.6 is 0 Å². The molecule has 3 aliphatic heterocycles. The minimum atomic E-state index is -0.308. The molecule has 6 aromatic rings. The van der Waals surface area contributed by atoms with Crippen LogP contribution in [0.25, 0.3) is 21.5 Å². The molecule has 8 heteroatoms. The van der Waals surface area contributed by atoms with Crippen molar-refractivity contribution in [2.45, 2.75) is 6.17 Å². The summed E-state index contributed by atoms with van der Waals surface area (Å²) in [6.07, 6.45) is -0.308. The summed E-state index contributed by atoms with van der Waals surface area (Å²) in [6.45, 7) is 0. The molecule has 0 saturated heterocycles. The van der Waals surface area contributed by atoms with Gasteiger partial charge < -0.3 is 14.9 Å². The molecule has 0 spiro atoms.